The predicted molar refractivity (Wildman–Crippen MR) is 72.7 cm³/mol. The van der Waals surface area contributed by atoms with Crippen LogP contribution in [0.2, 0.25) is 0 Å². The Kier molecular flexibility index (Phi) is 4.65. The molecule has 108 valence electrons. The lowest BCUT2D eigenvalue weighted by Gasteiger charge is -2.29. The van der Waals surface area contributed by atoms with Crippen LogP contribution in [0.5, 0.6) is 5.75 Å². The van der Waals surface area contributed by atoms with Crippen molar-refractivity contribution < 1.29 is 19.1 Å². The molecule has 1 aliphatic heterocycles. The minimum atomic E-state index is -0.353. The van der Waals surface area contributed by atoms with Gasteiger partial charge < -0.3 is 25.0 Å². The highest BCUT2D eigenvalue weighted by atomic mass is 16.7. The van der Waals surface area contributed by atoms with Gasteiger partial charge in [-0.3, -0.25) is 0 Å². The summed E-state index contributed by atoms with van der Waals surface area (Å²) in [4.78, 5) is 24.1. The Balaban J connectivity index is 1.73. The highest BCUT2D eigenvalue weighted by Crippen LogP contribution is 2.16. The first-order valence-corrected chi connectivity index (χ1v) is 6.32. The molecule has 1 aromatic carbocycles. The topological polar surface area (TPSA) is 79.9 Å². The Bertz CT molecular complexity index is 471. The van der Waals surface area contributed by atoms with E-state index in [1.807, 2.05) is 0 Å². The number of anilines is 1. The van der Waals surface area contributed by atoms with Crippen LogP contribution in [0.4, 0.5) is 15.3 Å². The monoisotopic (exact) mass is 279 g/mol. The molecule has 7 nitrogen and oxygen atoms in total. The molecule has 1 fully saturated rings. The number of carbonyl (C=O) groups excluding carboxylic acids is 2. The number of likely N-dealkylation sites (tertiary alicyclic amines) is 1. The van der Waals surface area contributed by atoms with Crippen LogP contribution in [-0.2, 0) is 4.74 Å². The van der Waals surface area contributed by atoms with Gasteiger partial charge in [0.1, 0.15) is 5.75 Å². The van der Waals surface area contributed by atoms with Gasteiger partial charge in [0.05, 0.1) is 0 Å². The zero-order valence-electron chi connectivity index (χ0n) is 11.2. The van der Waals surface area contributed by atoms with Crippen molar-refractivity contribution in [1.29, 1.82) is 0 Å². The lowest BCUT2D eigenvalue weighted by atomic mass is 10.2. The molecule has 0 radical (unpaired) electrons. The number of hydrogen-bond acceptors (Lipinski definition) is 4. The second-order valence-corrected chi connectivity index (χ2v) is 4.24. The van der Waals surface area contributed by atoms with E-state index in [1.54, 1.807) is 36.2 Å². The van der Waals surface area contributed by atoms with E-state index < -0.39 is 0 Å². The number of nitrogens with zero attached hydrogens (tertiary/aromatic N) is 1. The van der Waals surface area contributed by atoms with E-state index in [0.29, 0.717) is 11.4 Å². The van der Waals surface area contributed by atoms with Crippen LogP contribution in [0.3, 0.4) is 0 Å². The van der Waals surface area contributed by atoms with Crippen LogP contribution in [-0.4, -0.2) is 44.0 Å². The van der Waals surface area contributed by atoms with E-state index in [9.17, 15) is 9.59 Å². The average Bonchev–Trinajstić information content (AvgIpc) is 2.38. The summed E-state index contributed by atoms with van der Waals surface area (Å²) in [5.41, 5.74) is 0.647. The molecule has 1 aliphatic rings. The minimum Gasteiger partial charge on any atom is -0.457 e. The smallest absolute Gasteiger partial charge is 0.412 e. The van der Waals surface area contributed by atoms with Crippen molar-refractivity contribution in [2.24, 2.45) is 0 Å². The molecule has 0 unspecified atom stereocenters. The molecule has 3 amide bonds. The molecule has 2 rings (SSSR count). The lowest BCUT2D eigenvalue weighted by molar-refractivity contribution is 0.0236. The summed E-state index contributed by atoms with van der Waals surface area (Å²) in [6.07, 6.45) is 0.671. The van der Waals surface area contributed by atoms with Gasteiger partial charge in [0.2, 0.25) is 6.79 Å². The third-order valence-corrected chi connectivity index (χ3v) is 2.86. The number of nitrogens with one attached hydrogen (secondary N) is 2. The van der Waals surface area contributed by atoms with E-state index >= 15 is 0 Å². The fourth-order valence-corrected chi connectivity index (χ4v) is 1.57. The predicted octanol–water partition coefficient (Wildman–Crippen LogP) is 1.62. The Labute approximate surface area is 116 Å². The molecule has 7 heteroatoms. The molecule has 1 aromatic rings. The van der Waals surface area contributed by atoms with Crippen molar-refractivity contribution in [3.63, 3.8) is 0 Å². The first kappa shape index (κ1) is 14.0. The van der Waals surface area contributed by atoms with Crippen molar-refractivity contribution in [2.75, 3.05) is 32.2 Å². The number of urea groups is 1. The molecule has 0 aliphatic carbocycles. The van der Waals surface area contributed by atoms with Gasteiger partial charge in [-0.05, 0) is 30.7 Å². The summed E-state index contributed by atoms with van der Waals surface area (Å²) in [6, 6.07) is 6.47. The van der Waals surface area contributed by atoms with Gasteiger partial charge >= 0.3 is 12.1 Å². The van der Waals surface area contributed by atoms with Gasteiger partial charge in [0, 0.05) is 25.8 Å². The van der Waals surface area contributed by atoms with Gasteiger partial charge in [-0.1, -0.05) is 0 Å². The molecule has 0 spiro atoms. The first-order chi connectivity index (χ1) is 9.69. The number of benzene rings is 1. The van der Waals surface area contributed by atoms with Crippen LogP contribution in [0.25, 0.3) is 0 Å². The van der Waals surface area contributed by atoms with Crippen LogP contribution >= 0.6 is 0 Å². The van der Waals surface area contributed by atoms with E-state index in [4.69, 9.17) is 9.47 Å². The van der Waals surface area contributed by atoms with Crippen LogP contribution in [0, 0.1) is 0 Å². The third kappa shape index (κ3) is 3.78. The SMILES string of the molecule is CNC(=O)Nc1ccc(OCOC(=O)N2CCC2)cc1. The lowest BCUT2D eigenvalue weighted by Crippen LogP contribution is -2.42. The minimum absolute atomic E-state index is 0.127. The molecule has 0 bridgehead atoms. The number of rotatable bonds is 4. The van der Waals surface area contributed by atoms with E-state index in [-0.39, 0.29) is 18.9 Å². The second-order valence-electron chi connectivity index (χ2n) is 4.24. The zero-order chi connectivity index (χ0) is 14.4. The fraction of sp³-hybridized carbons (Fsp3) is 0.385. The maximum Gasteiger partial charge on any atom is 0.412 e. The summed E-state index contributed by atoms with van der Waals surface area (Å²) in [5, 5.41) is 5.08. The highest BCUT2D eigenvalue weighted by molar-refractivity contribution is 5.88. The third-order valence-electron chi connectivity index (χ3n) is 2.86. The number of carbonyl (C=O) groups is 2. The largest absolute Gasteiger partial charge is 0.457 e. The first-order valence-electron chi connectivity index (χ1n) is 6.32. The maximum absolute atomic E-state index is 11.4. The van der Waals surface area contributed by atoms with Crippen molar-refractivity contribution in [1.82, 2.24) is 10.2 Å². The van der Waals surface area contributed by atoms with Crippen LogP contribution in [0.1, 0.15) is 6.42 Å². The summed E-state index contributed by atoms with van der Waals surface area (Å²) in [7, 11) is 1.54. The quantitative estimate of drug-likeness (QED) is 0.821. The van der Waals surface area contributed by atoms with E-state index in [0.717, 1.165) is 19.5 Å². The highest BCUT2D eigenvalue weighted by Gasteiger charge is 2.21. The van der Waals surface area contributed by atoms with E-state index in [2.05, 4.69) is 10.6 Å². The standard InChI is InChI=1S/C13H17N3O4/c1-14-12(17)15-10-3-5-11(6-4-10)19-9-20-13(18)16-7-2-8-16/h3-6H,2,7-9H2,1H3,(H2,14,15,17). The van der Waals surface area contributed by atoms with Crippen LogP contribution < -0.4 is 15.4 Å². The number of hydrogen-bond donors (Lipinski definition) is 2. The Morgan fingerprint density at radius 2 is 1.95 bits per heavy atom. The summed E-state index contributed by atoms with van der Waals surface area (Å²) < 4.78 is 10.2. The van der Waals surface area contributed by atoms with Gasteiger partial charge in [-0.2, -0.15) is 0 Å². The molecule has 0 saturated carbocycles. The van der Waals surface area contributed by atoms with Crippen molar-refractivity contribution >= 4 is 17.8 Å². The molecule has 2 N–H and O–H groups in total. The molecular formula is C13H17N3O4. The molecule has 1 saturated heterocycles. The number of ether oxygens (including phenoxy) is 2. The van der Waals surface area contributed by atoms with Crippen molar-refractivity contribution in [3.05, 3.63) is 24.3 Å². The maximum atomic E-state index is 11.4. The Morgan fingerprint density at radius 1 is 1.25 bits per heavy atom. The summed E-state index contributed by atoms with van der Waals surface area (Å²) in [6.45, 7) is 1.37. The van der Waals surface area contributed by atoms with Gasteiger partial charge in [0.15, 0.2) is 0 Å². The Hall–Kier alpha value is -2.44. The molecular weight excluding hydrogens is 262 g/mol. The molecule has 20 heavy (non-hydrogen) atoms. The van der Waals surface area contributed by atoms with Gasteiger partial charge in [-0.25, -0.2) is 9.59 Å². The van der Waals surface area contributed by atoms with Gasteiger partial charge in [-0.15, -0.1) is 0 Å². The molecule has 0 aromatic heterocycles. The Morgan fingerprint density at radius 3 is 2.50 bits per heavy atom. The molecule has 1 heterocycles. The molecule has 0 atom stereocenters. The average molecular weight is 279 g/mol. The number of amides is 3. The fourth-order valence-electron chi connectivity index (χ4n) is 1.57. The zero-order valence-corrected chi connectivity index (χ0v) is 11.2. The van der Waals surface area contributed by atoms with Gasteiger partial charge in [0.25, 0.3) is 0 Å². The van der Waals surface area contributed by atoms with Crippen molar-refractivity contribution in [2.45, 2.75) is 6.42 Å². The normalized spacial score (nSPS) is 13.2. The van der Waals surface area contributed by atoms with Crippen LogP contribution in [0.15, 0.2) is 24.3 Å². The summed E-state index contributed by atoms with van der Waals surface area (Å²) in [5.74, 6) is 0.559. The van der Waals surface area contributed by atoms with Crippen molar-refractivity contribution in [3.8, 4) is 5.75 Å². The summed E-state index contributed by atoms with van der Waals surface area (Å²) >= 11 is 0. The van der Waals surface area contributed by atoms with E-state index in [1.165, 1.54) is 0 Å². The second kappa shape index (κ2) is 6.65.